The Kier molecular flexibility index (Phi) is 5.23. The minimum absolute atomic E-state index is 0.00851. The van der Waals surface area contributed by atoms with Crippen molar-refractivity contribution in [2.75, 3.05) is 6.54 Å². The van der Waals surface area contributed by atoms with Gasteiger partial charge in [-0.15, -0.1) is 0 Å². The molecule has 0 aliphatic carbocycles. The summed E-state index contributed by atoms with van der Waals surface area (Å²) < 4.78 is 53.1. The van der Waals surface area contributed by atoms with E-state index < -0.39 is 26.6 Å². The second-order valence-electron chi connectivity index (χ2n) is 4.67. The Morgan fingerprint density at radius 1 is 0.955 bits per heavy atom. The maximum atomic E-state index is 13.5. The number of benzene rings is 2. The van der Waals surface area contributed by atoms with Gasteiger partial charge >= 0.3 is 0 Å². The summed E-state index contributed by atoms with van der Waals surface area (Å²) >= 11 is 0. The molecule has 0 aliphatic heterocycles. The summed E-state index contributed by atoms with van der Waals surface area (Å²) in [4.78, 5) is -0.967. The minimum atomic E-state index is -4.24. The van der Waals surface area contributed by atoms with Crippen LogP contribution < -0.4 is 4.72 Å². The van der Waals surface area contributed by atoms with Gasteiger partial charge in [-0.3, -0.25) is 0 Å². The van der Waals surface area contributed by atoms with Gasteiger partial charge in [0.1, 0.15) is 11.6 Å². The second-order valence-corrected chi connectivity index (χ2v) is 6.38. The van der Waals surface area contributed by atoms with Crippen LogP contribution in [0.5, 0.6) is 0 Å². The zero-order chi connectivity index (χ0) is 16.2. The second kappa shape index (κ2) is 6.95. The number of aliphatic hydroxyl groups excluding tert-OH is 1. The Labute approximate surface area is 127 Å². The average Bonchev–Trinajstić information content (AvgIpc) is 2.47. The van der Waals surface area contributed by atoms with Gasteiger partial charge in [-0.1, -0.05) is 30.3 Å². The molecule has 2 rings (SSSR count). The van der Waals surface area contributed by atoms with Crippen molar-refractivity contribution < 1.29 is 22.3 Å². The van der Waals surface area contributed by atoms with Crippen molar-refractivity contribution in [2.24, 2.45) is 0 Å². The molecule has 0 bridgehead atoms. The third-order valence-electron chi connectivity index (χ3n) is 3.10. The van der Waals surface area contributed by atoms with E-state index in [1.54, 1.807) is 24.3 Å². The molecular formula is C15H15F2NO3S. The molecule has 0 fully saturated rings. The Morgan fingerprint density at radius 3 is 2.05 bits per heavy atom. The molecule has 0 aromatic heterocycles. The molecule has 4 nitrogen and oxygen atoms in total. The molecule has 7 heteroatoms. The third kappa shape index (κ3) is 3.88. The van der Waals surface area contributed by atoms with Crippen LogP contribution in [0.25, 0.3) is 0 Å². The van der Waals surface area contributed by atoms with Gasteiger partial charge < -0.3 is 5.11 Å². The van der Waals surface area contributed by atoms with Crippen LogP contribution in [0, 0.1) is 11.6 Å². The van der Waals surface area contributed by atoms with Gasteiger partial charge in [0.25, 0.3) is 0 Å². The Morgan fingerprint density at radius 2 is 1.50 bits per heavy atom. The predicted molar refractivity (Wildman–Crippen MR) is 77.6 cm³/mol. The average molecular weight is 327 g/mol. The van der Waals surface area contributed by atoms with Crippen LogP contribution in [-0.4, -0.2) is 20.1 Å². The zero-order valence-electron chi connectivity index (χ0n) is 11.6. The molecular weight excluding hydrogens is 312 g/mol. The summed E-state index contributed by atoms with van der Waals surface area (Å²) in [6, 6.07) is 9.84. The molecule has 22 heavy (non-hydrogen) atoms. The molecule has 0 spiro atoms. The molecule has 2 N–H and O–H groups in total. The third-order valence-corrected chi connectivity index (χ3v) is 4.61. The van der Waals surface area contributed by atoms with Gasteiger partial charge in [0.2, 0.25) is 10.0 Å². The van der Waals surface area contributed by atoms with Crippen LogP contribution in [0.1, 0.15) is 11.1 Å². The predicted octanol–water partition coefficient (Wildman–Crippen LogP) is 1.98. The van der Waals surface area contributed by atoms with Crippen molar-refractivity contribution in [2.45, 2.75) is 17.9 Å². The van der Waals surface area contributed by atoms with Crippen molar-refractivity contribution in [3.05, 3.63) is 65.2 Å². The largest absolute Gasteiger partial charge is 0.392 e. The molecule has 0 heterocycles. The Balaban J connectivity index is 2.03. The van der Waals surface area contributed by atoms with Crippen molar-refractivity contribution >= 4 is 10.0 Å². The summed E-state index contributed by atoms with van der Waals surface area (Å²) in [6.45, 7) is -0.0615. The summed E-state index contributed by atoms with van der Waals surface area (Å²) in [5, 5.41) is 8.93. The lowest BCUT2D eigenvalue weighted by Crippen LogP contribution is -2.27. The number of rotatable bonds is 6. The standard InChI is InChI=1S/C15H15F2NO3S/c16-13-2-1-3-14(17)15(13)22(20,21)18-9-8-11-4-6-12(10-19)7-5-11/h1-7,18-19H,8-10H2. The first-order valence-electron chi connectivity index (χ1n) is 6.56. The number of hydrogen-bond donors (Lipinski definition) is 2. The first-order valence-corrected chi connectivity index (χ1v) is 8.04. The van der Waals surface area contributed by atoms with Gasteiger partial charge in [0.15, 0.2) is 4.90 Å². The lowest BCUT2D eigenvalue weighted by molar-refractivity contribution is 0.282. The molecule has 0 saturated heterocycles. The van der Waals surface area contributed by atoms with E-state index in [0.29, 0.717) is 6.42 Å². The summed E-state index contributed by atoms with van der Waals surface area (Å²) in [7, 11) is -4.24. The fraction of sp³-hybridized carbons (Fsp3) is 0.200. The Hall–Kier alpha value is -1.83. The quantitative estimate of drug-likeness (QED) is 0.852. The molecule has 0 radical (unpaired) electrons. The number of hydrogen-bond acceptors (Lipinski definition) is 3. The van der Waals surface area contributed by atoms with E-state index in [2.05, 4.69) is 4.72 Å². The Bertz CT molecular complexity index is 726. The van der Waals surface area contributed by atoms with E-state index in [1.807, 2.05) is 0 Å². The first-order chi connectivity index (χ1) is 10.4. The van der Waals surface area contributed by atoms with Crippen molar-refractivity contribution in [3.63, 3.8) is 0 Å². The van der Waals surface area contributed by atoms with E-state index in [4.69, 9.17) is 5.11 Å². The topological polar surface area (TPSA) is 66.4 Å². The SMILES string of the molecule is O=S(=O)(NCCc1ccc(CO)cc1)c1c(F)cccc1F. The lowest BCUT2D eigenvalue weighted by atomic mass is 10.1. The fourth-order valence-electron chi connectivity index (χ4n) is 1.95. The van der Waals surface area contributed by atoms with E-state index >= 15 is 0 Å². The fourth-order valence-corrected chi connectivity index (χ4v) is 3.12. The first kappa shape index (κ1) is 16.5. The highest BCUT2D eigenvalue weighted by Crippen LogP contribution is 2.17. The molecule has 0 atom stereocenters. The van der Waals surface area contributed by atoms with Gasteiger partial charge in [-0.25, -0.2) is 21.9 Å². The van der Waals surface area contributed by atoms with Crippen molar-refractivity contribution in [3.8, 4) is 0 Å². The van der Waals surface area contributed by atoms with Crippen LogP contribution in [-0.2, 0) is 23.1 Å². The maximum absolute atomic E-state index is 13.5. The number of aliphatic hydroxyl groups is 1. The van der Waals surface area contributed by atoms with Gasteiger partial charge in [0.05, 0.1) is 6.61 Å². The normalized spacial score (nSPS) is 11.6. The molecule has 2 aromatic carbocycles. The highest BCUT2D eigenvalue weighted by atomic mass is 32.2. The smallest absolute Gasteiger partial charge is 0.246 e. The molecule has 0 unspecified atom stereocenters. The van der Waals surface area contributed by atoms with Gasteiger partial charge in [0, 0.05) is 6.54 Å². The summed E-state index contributed by atoms with van der Waals surface area (Å²) in [5.74, 6) is -2.25. The summed E-state index contributed by atoms with van der Waals surface area (Å²) in [5.41, 5.74) is 1.59. The van der Waals surface area contributed by atoms with Crippen molar-refractivity contribution in [1.29, 1.82) is 0 Å². The van der Waals surface area contributed by atoms with E-state index in [1.165, 1.54) is 0 Å². The number of nitrogens with one attached hydrogen (secondary N) is 1. The molecule has 0 amide bonds. The van der Waals surface area contributed by atoms with E-state index in [9.17, 15) is 17.2 Å². The van der Waals surface area contributed by atoms with Gasteiger partial charge in [-0.2, -0.15) is 0 Å². The van der Waals surface area contributed by atoms with E-state index in [-0.39, 0.29) is 13.2 Å². The summed E-state index contributed by atoms with van der Waals surface area (Å²) in [6.07, 6.45) is 0.362. The van der Waals surface area contributed by atoms with Crippen LogP contribution in [0.2, 0.25) is 0 Å². The maximum Gasteiger partial charge on any atom is 0.246 e. The molecule has 0 aliphatic rings. The molecule has 0 saturated carbocycles. The zero-order valence-corrected chi connectivity index (χ0v) is 12.4. The number of halogens is 2. The van der Waals surface area contributed by atoms with Crippen LogP contribution in [0.3, 0.4) is 0 Å². The highest BCUT2D eigenvalue weighted by Gasteiger charge is 2.23. The van der Waals surface area contributed by atoms with Crippen LogP contribution >= 0.6 is 0 Å². The molecule has 118 valence electrons. The minimum Gasteiger partial charge on any atom is -0.392 e. The van der Waals surface area contributed by atoms with E-state index in [0.717, 1.165) is 29.3 Å². The lowest BCUT2D eigenvalue weighted by Gasteiger charge is -2.09. The van der Waals surface area contributed by atoms with Crippen LogP contribution in [0.15, 0.2) is 47.4 Å². The van der Waals surface area contributed by atoms with Crippen molar-refractivity contribution in [1.82, 2.24) is 4.72 Å². The van der Waals surface area contributed by atoms with Gasteiger partial charge in [-0.05, 0) is 29.7 Å². The highest BCUT2D eigenvalue weighted by molar-refractivity contribution is 7.89. The molecule has 2 aromatic rings. The monoisotopic (exact) mass is 327 g/mol. The number of sulfonamides is 1. The van der Waals surface area contributed by atoms with Crippen LogP contribution in [0.4, 0.5) is 8.78 Å².